The van der Waals surface area contributed by atoms with Crippen molar-refractivity contribution in [2.45, 2.75) is 31.9 Å². The van der Waals surface area contributed by atoms with Gasteiger partial charge in [-0.3, -0.25) is 0 Å². The molecule has 0 radical (unpaired) electrons. The molecule has 0 spiro atoms. The van der Waals surface area contributed by atoms with Crippen molar-refractivity contribution in [3.63, 3.8) is 0 Å². The van der Waals surface area contributed by atoms with Crippen molar-refractivity contribution < 1.29 is 9.13 Å². The van der Waals surface area contributed by atoms with Gasteiger partial charge in [-0.2, -0.15) is 0 Å². The Bertz CT molecular complexity index is 396. The van der Waals surface area contributed by atoms with Crippen LogP contribution in [0.15, 0.2) is 24.3 Å². The predicted molar refractivity (Wildman–Crippen MR) is 79.4 cm³/mol. The summed E-state index contributed by atoms with van der Waals surface area (Å²) in [5, 5.41) is 3.58. The fraction of sp³-hybridized carbons (Fsp3) is 0.625. The summed E-state index contributed by atoms with van der Waals surface area (Å²) in [5.41, 5.74) is 1.15. The highest BCUT2D eigenvalue weighted by Gasteiger charge is 2.26. The van der Waals surface area contributed by atoms with Crippen LogP contribution in [0.25, 0.3) is 0 Å². The minimum Gasteiger partial charge on any atom is -0.374 e. The maximum absolute atomic E-state index is 13.0. The SMILES string of the molecule is CCCNC(Cc1ccc(F)cc1)C1CN(C)CCO1. The van der Waals surface area contributed by atoms with E-state index in [-0.39, 0.29) is 18.0 Å². The average molecular weight is 280 g/mol. The van der Waals surface area contributed by atoms with E-state index in [2.05, 4.69) is 24.2 Å². The molecule has 1 N–H and O–H groups in total. The zero-order valence-corrected chi connectivity index (χ0v) is 12.4. The third-order valence-corrected chi connectivity index (χ3v) is 3.77. The summed E-state index contributed by atoms with van der Waals surface area (Å²) in [7, 11) is 2.13. The first-order valence-corrected chi connectivity index (χ1v) is 7.47. The van der Waals surface area contributed by atoms with Crippen molar-refractivity contribution in [1.82, 2.24) is 10.2 Å². The lowest BCUT2D eigenvalue weighted by atomic mass is 10.00. The van der Waals surface area contributed by atoms with Crippen LogP contribution < -0.4 is 5.32 Å². The van der Waals surface area contributed by atoms with Crippen molar-refractivity contribution in [2.75, 3.05) is 33.3 Å². The quantitative estimate of drug-likeness (QED) is 0.863. The van der Waals surface area contributed by atoms with Crippen LogP contribution in [0.5, 0.6) is 0 Å². The Labute approximate surface area is 121 Å². The first kappa shape index (κ1) is 15.4. The number of rotatable bonds is 6. The second-order valence-corrected chi connectivity index (χ2v) is 5.56. The molecule has 2 rings (SSSR count). The molecule has 112 valence electrons. The molecule has 0 saturated carbocycles. The smallest absolute Gasteiger partial charge is 0.123 e. The first-order valence-electron chi connectivity index (χ1n) is 7.47. The molecule has 1 aromatic rings. The highest BCUT2D eigenvalue weighted by atomic mass is 19.1. The van der Waals surface area contributed by atoms with Gasteiger partial charge in [0.05, 0.1) is 12.7 Å². The van der Waals surface area contributed by atoms with E-state index in [0.717, 1.165) is 44.6 Å². The van der Waals surface area contributed by atoms with Crippen molar-refractivity contribution in [1.29, 1.82) is 0 Å². The molecule has 1 aromatic carbocycles. The summed E-state index contributed by atoms with van der Waals surface area (Å²) in [6.45, 7) is 5.87. The molecule has 1 saturated heterocycles. The van der Waals surface area contributed by atoms with Gasteiger partial charge in [-0.1, -0.05) is 19.1 Å². The molecule has 1 aliphatic rings. The minimum absolute atomic E-state index is 0.180. The Morgan fingerprint density at radius 3 is 2.80 bits per heavy atom. The highest BCUT2D eigenvalue weighted by molar-refractivity contribution is 5.17. The number of halogens is 1. The Morgan fingerprint density at radius 2 is 2.15 bits per heavy atom. The van der Waals surface area contributed by atoms with Gasteiger partial charge in [-0.05, 0) is 44.1 Å². The molecule has 1 fully saturated rings. The van der Waals surface area contributed by atoms with Gasteiger partial charge in [0.15, 0.2) is 0 Å². The maximum Gasteiger partial charge on any atom is 0.123 e. The lowest BCUT2D eigenvalue weighted by Gasteiger charge is -2.35. The lowest BCUT2D eigenvalue weighted by Crippen LogP contribution is -2.52. The van der Waals surface area contributed by atoms with E-state index in [0.29, 0.717) is 0 Å². The molecule has 0 amide bonds. The summed E-state index contributed by atoms with van der Waals surface area (Å²) in [6.07, 6.45) is 2.17. The summed E-state index contributed by atoms with van der Waals surface area (Å²) < 4.78 is 18.9. The number of nitrogens with one attached hydrogen (secondary N) is 1. The summed E-state index contributed by atoms with van der Waals surface area (Å²) >= 11 is 0. The van der Waals surface area contributed by atoms with E-state index in [9.17, 15) is 4.39 Å². The van der Waals surface area contributed by atoms with E-state index in [1.54, 1.807) is 0 Å². The van der Waals surface area contributed by atoms with Gasteiger partial charge < -0.3 is 15.0 Å². The van der Waals surface area contributed by atoms with Crippen molar-refractivity contribution in [3.05, 3.63) is 35.6 Å². The normalized spacial score (nSPS) is 21.9. The molecule has 0 aliphatic carbocycles. The average Bonchev–Trinajstić information content (AvgIpc) is 2.45. The summed E-state index contributed by atoms with van der Waals surface area (Å²) in [4.78, 5) is 2.31. The van der Waals surface area contributed by atoms with E-state index in [4.69, 9.17) is 4.74 Å². The predicted octanol–water partition coefficient (Wildman–Crippen LogP) is 2.07. The zero-order chi connectivity index (χ0) is 14.4. The molecule has 2 atom stereocenters. The highest BCUT2D eigenvalue weighted by Crippen LogP contribution is 2.13. The molecular formula is C16H25FN2O. The largest absolute Gasteiger partial charge is 0.374 e. The van der Waals surface area contributed by atoms with Gasteiger partial charge in [-0.15, -0.1) is 0 Å². The topological polar surface area (TPSA) is 24.5 Å². The van der Waals surface area contributed by atoms with Crippen LogP contribution in [0, 0.1) is 5.82 Å². The fourth-order valence-electron chi connectivity index (χ4n) is 2.59. The van der Waals surface area contributed by atoms with Gasteiger partial charge in [0.2, 0.25) is 0 Å². The number of hydrogen-bond donors (Lipinski definition) is 1. The third kappa shape index (κ3) is 4.54. The van der Waals surface area contributed by atoms with E-state index >= 15 is 0 Å². The van der Waals surface area contributed by atoms with Crippen molar-refractivity contribution in [2.24, 2.45) is 0 Å². The van der Waals surface area contributed by atoms with E-state index < -0.39 is 0 Å². The number of ether oxygens (including phenoxy) is 1. The maximum atomic E-state index is 13.0. The number of benzene rings is 1. The second-order valence-electron chi connectivity index (χ2n) is 5.56. The number of hydrogen-bond acceptors (Lipinski definition) is 3. The molecule has 1 aliphatic heterocycles. The number of likely N-dealkylation sites (N-methyl/N-ethyl adjacent to an activating group) is 1. The molecule has 2 unspecified atom stereocenters. The van der Waals surface area contributed by atoms with E-state index in [1.165, 1.54) is 12.1 Å². The third-order valence-electron chi connectivity index (χ3n) is 3.77. The Balaban J connectivity index is 2.00. The molecule has 3 nitrogen and oxygen atoms in total. The van der Waals surface area contributed by atoms with Crippen LogP contribution in [-0.4, -0.2) is 50.3 Å². The molecule has 20 heavy (non-hydrogen) atoms. The van der Waals surface area contributed by atoms with Gasteiger partial charge in [-0.25, -0.2) is 4.39 Å². The van der Waals surface area contributed by atoms with Gasteiger partial charge in [0.1, 0.15) is 5.82 Å². The monoisotopic (exact) mass is 280 g/mol. The zero-order valence-electron chi connectivity index (χ0n) is 12.4. The molecule has 4 heteroatoms. The van der Waals surface area contributed by atoms with Crippen LogP contribution >= 0.6 is 0 Å². The van der Waals surface area contributed by atoms with Crippen LogP contribution in [0.4, 0.5) is 4.39 Å². The van der Waals surface area contributed by atoms with Crippen molar-refractivity contribution in [3.8, 4) is 0 Å². The summed E-state index contributed by atoms with van der Waals surface area (Å²) in [6, 6.07) is 7.06. The lowest BCUT2D eigenvalue weighted by molar-refractivity contribution is -0.0383. The van der Waals surface area contributed by atoms with E-state index in [1.807, 2.05) is 12.1 Å². The second kappa shape index (κ2) is 7.72. The number of nitrogens with zero attached hydrogens (tertiary/aromatic N) is 1. The molecule has 1 heterocycles. The summed E-state index contributed by atoms with van der Waals surface area (Å²) in [5.74, 6) is -0.180. The molecule has 0 bridgehead atoms. The van der Waals surface area contributed by atoms with Crippen LogP contribution in [0.3, 0.4) is 0 Å². The van der Waals surface area contributed by atoms with Crippen LogP contribution in [-0.2, 0) is 11.2 Å². The van der Waals surface area contributed by atoms with Crippen molar-refractivity contribution >= 4 is 0 Å². The number of morpholine rings is 1. The minimum atomic E-state index is -0.180. The van der Waals surface area contributed by atoms with Gasteiger partial charge in [0, 0.05) is 19.1 Å². The molecular weight excluding hydrogens is 255 g/mol. The van der Waals surface area contributed by atoms with Gasteiger partial charge in [0.25, 0.3) is 0 Å². The fourth-order valence-corrected chi connectivity index (χ4v) is 2.59. The van der Waals surface area contributed by atoms with Crippen LogP contribution in [0.2, 0.25) is 0 Å². The first-order chi connectivity index (χ1) is 9.69. The Morgan fingerprint density at radius 1 is 1.40 bits per heavy atom. The Kier molecular flexibility index (Phi) is 5.95. The van der Waals surface area contributed by atoms with Gasteiger partial charge >= 0.3 is 0 Å². The molecule has 0 aromatic heterocycles. The van der Waals surface area contributed by atoms with Crippen LogP contribution in [0.1, 0.15) is 18.9 Å². The Hall–Kier alpha value is -0.970. The standard InChI is InChI=1S/C16H25FN2O/c1-3-8-18-15(16-12-19(2)9-10-20-16)11-13-4-6-14(17)7-5-13/h4-7,15-16,18H,3,8-12H2,1-2H3.